The van der Waals surface area contributed by atoms with Gasteiger partial charge in [-0.1, -0.05) is 47.1 Å². The molecule has 3 rings (SSSR count). The molecule has 0 unspecified atom stereocenters. The first-order chi connectivity index (χ1) is 12.4. The van der Waals surface area contributed by atoms with E-state index in [0.717, 1.165) is 22.3 Å². The molecule has 0 aliphatic carbocycles. The number of benzene rings is 2. The molecule has 0 bridgehead atoms. The van der Waals surface area contributed by atoms with E-state index in [-0.39, 0.29) is 18.3 Å². The maximum atomic E-state index is 12.3. The Labute approximate surface area is 153 Å². The van der Waals surface area contributed by atoms with E-state index in [2.05, 4.69) is 41.5 Å². The number of anilines is 1. The second kappa shape index (κ2) is 7.52. The normalized spacial score (nSPS) is 10.8. The second-order valence-electron chi connectivity index (χ2n) is 6.75. The van der Waals surface area contributed by atoms with E-state index in [1.165, 1.54) is 11.1 Å². The molecule has 0 radical (unpaired) electrons. The minimum atomic E-state index is -0.167. The van der Waals surface area contributed by atoms with Crippen LogP contribution in [0.25, 0.3) is 0 Å². The van der Waals surface area contributed by atoms with E-state index in [0.29, 0.717) is 12.3 Å². The summed E-state index contributed by atoms with van der Waals surface area (Å²) in [6.07, 6.45) is 0.823. The fourth-order valence-electron chi connectivity index (χ4n) is 2.79. The summed E-state index contributed by atoms with van der Waals surface area (Å²) in [6, 6.07) is 12.4. The van der Waals surface area contributed by atoms with Crippen LogP contribution in [0.5, 0.6) is 0 Å². The van der Waals surface area contributed by atoms with Gasteiger partial charge in [-0.15, -0.1) is 5.10 Å². The molecule has 0 atom stereocenters. The van der Waals surface area contributed by atoms with Gasteiger partial charge in [0.2, 0.25) is 11.8 Å². The first kappa shape index (κ1) is 17.9. The predicted octanol–water partition coefficient (Wildman–Crippen LogP) is 4.08. The Morgan fingerprint density at radius 3 is 2.50 bits per heavy atom. The van der Waals surface area contributed by atoms with Gasteiger partial charge in [-0.3, -0.25) is 10.1 Å². The zero-order chi connectivity index (χ0) is 18.7. The van der Waals surface area contributed by atoms with Crippen LogP contribution in [0.2, 0.25) is 0 Å². The third-order valence-corrected chi connectivity index (χ3v) is 4.50. The molecule has 5 nitrogen and oxygen atoms in total. The SMILES string of the molecule is Cc1ccc(C)c(CC(=O)Nc2nnc(Cc3ccc(C)c(C)c3)o2)c1. The maximum Gasteiger partial charge on any atom is 0.322 e. The molecular formula is C21H23N3O2. The number of aromatic nitrogens is 2. The fourth-order valence-corrected chi connectivity index (χ4v) is 2.79. The van der Waals surface area contributed by atoms with Crippen molar-refractivity contribution in [3.8, 4) is 0 Å². The van der Waals surface area contributed by atoms with Crippen LogP contribution in [-0.4, -0.2) is 16.1 Å². The largest absolute Gasteiger partial charge is 0.407 e. The third kappa shape index (κ3) is 4.36. The van der Waals surface area contributed by atoms with Crippen LogP contribution in [0.3, 0.4) is 0 Å². The minimum Gasteiger partial charge on any atom is -0.407 e. The van der Waals surface area contributed by atoms with Crippen molar-refractivity contribution in [2.45, 2.75) is 40.5 Å². The van der Waals surface area contributed by atoms with Crippen molar-refractivity contribution in [2.75, 3.05) is 5.32 Å². The number of hydrogen-bond acceptors (Lipinski definition) is 4. The zero-order valence-corrected chi connectivity index (χ0v) is 15.6. The van der Waals surface area contributed by atoms with Crippen LogP contribution in [0.1, 0.15) is 39.3 Å². The second-order valence-corrected chi connectivity index (χ2v) is 6.75. The van der Waals surface area contributed by atoms with Gasteiger partial charge in [0, 0.05) is 0 Å². The summed E-state index contributed by atoms with van der Waals surface area (Å²) in [4.78, 5) is 12.3. The maximum absolute atomic E-state index is 12.3. The molecule has 1 amide bonds. The first-order valence-corrected chi connectivity index (χ1v) is 8.65. The number of amides is 1. The van der Waals surface area contributed by atoms with Crippen LogP contribution in [0, 0.1) is 27.7 Å². The molecule has 0 saturated carbocycles. The predicted molar refractivity (Wildman–Crippen MR) is 101 cm³/mol. The molecule has 1 heterocycles. The van der Waals surface area contributed by atoms with Crippen LogP contribution >= 0.6 is 0 Å². The summed E-state index contributed by atoms with van der Waals surface area (Å²) in [5.41, 5.74) is 6.80. The van der Waals surface area contributed by atoms with E-state index in [1.807, 2.05) is 38.1 Å². The summed E-state index contributed by atoms with van der Waals surface area (Å²) < 4.78 is 5.57. The summed E-state index contributed by atoms with van der Waals surface area (Å²) in [5.74, 6) is 0.315. The molecular weight excluding hydrogens is 326 g/mol. The lowest BCUT2D eigenvalue weighted by molar-refractivity contribution is -0.115. The van der Waals surface area contributed by atoms with Crippen LogP contribution in [0.4, 0.5) is 6.01 Å². The van der Waals surface area contributed by atoms with Gasteiger partial charge in [0.1, 0.15) is 0 Å². The molecule has 1 aromatic heterocycles. The highest BCUT2D eigenvalue weighted by Gasteiger charge is 2.12. The van der Waals surface area contributed by atoms with Gasteiger partial charge in [0.25, 0.3) is 0 Å². The zero-order valence-electron chi connectivity index (χ0n) is 15.6. The lowest BCUT2D eigenvalue weighted by Crippen LogP contribution is -2.15. The average molecular weight is 349 g/mol. The Balaban J connectivity index is 1.63. The van der Waals surface area contributed by atoms with Crippen LogP contribution in [0.15, 0.2) is 40.8 Å². The molecule has 1 N–H and O–H groups in total. The molecule has 0 aliphatic rings. The molecule has 3 aromatic rings. The van der Waals surface area contributed by atoms with Crippen molar-refractivity contribution in [3.05, 3.63) is 75.7 Å². The standard InChI is InChI=1S/C21H23N3O2/c1-13-5-6-15(3)18(9-13)12-19(25)22-21-24-23-20(26-21)11-17-8-7-14(2)16(4)10-17/h5-10H,11-12H2,1-4H3,(H,22,24,25). The van der Waals surface area contributed by atoms with E-state index >= 15 is 0 Å². The van der Waals surface area contributed by atoms with Crippen molar-refractivity contribution < 1.29 is 9.21 Å². The molecule has 0 spiro atoms. The number of aryl methyl sites for hydroxylation is 4. The Bertz CT molecular complexity index is 944. The van der Waals surface area contributed by atoms with Crippen molar-refractivity contribution in [3.63, 3.8) is 0 Å². The summed E-state index contributed by atoms with van der Waals surface area (Å²) in [7, 11) is 0. The molecule has 134 valence electrons. The highest BCUT2D eigenvalue weighted by molar-refractivity contribution is 5.90. The van der Waals surface area contributed by atoms with Gasteiger partial charge in [0.05, 0.1) is 12.8 Å². The minimum absolute atomic E-state index is 0.138. The first-order valence-electron chi connectivity index (χ1n) is 8.65. The van der Waals surface area contributed by atoms with Crippen molar-refractivity contribution in [1.29, 1.82) is 0 Å². The quantitative estimate of drug-likeness (QED) is 0.754. The molecule has 5 heteroatoms. The van der Waals surface area contributed by atoms with Gasteiger partial charge in [-0.2, -0.15) is 0 Å². The summed E-state index contributed by atoms with van der Waals surface area (Å²) in [6.45, 7) is 8.16. The number of hydrogen-bond donors (Lipinski definition) is 1. The Morgan fingerprint density at radius 1 is 0.962 bits per heavy atom. The number of carbonyl (C=O) groups is 1. The number of rotatable bonds is 5. The van der Waals surface area contributed by atoms with Gasteiger partial charge < -0.3 is 4.42 Å². The van der Waals surface area contributed by atoms with E-state index in [4.69, 9.17) is 4.42 Å². The Morgan fingerprint density at radius 2 is 1.73 bits per heavy atom. The highest BCUT2D eigenvalue weighted by Crippen LogP contribution is 2.16. The average Bonchev–Trinajstić information content (AvgIpc) is 3.01. The van der Waals surface area contributed by atoms with Crippen molar-refractivity contribution in [2.24, 2.45) is 0 Å². The lowest BCUT2D eigenvalue weighted by Gasteiger charge is -2.06. The fraction of sp³-hybridized carbons (Fsp3) is 0.286. The topological polar surface area (TPSA) is 68.0 Å². The van der Waals surface area contributed by atoms with Crippen molar-refractivity contribution in [1.82, 2.24) is 10.2 Å². The third-order valence-electron chi connectivity index (χ3n) is 4.50. The lowest BCUT2D eigenvalue weighted by atomic mass is 10.0. The molecule has 0 fully saturated rings. The number of nitrogens with zero attached hydrogens (tertiary/aromatic N) is 2. The smallest absolute Gasteiger partial charge is 0.322 e. The monoisotopic (exact) mass is 349 g/mol. The van der Waals surface area contributed by atoms with Gasteiger partial charge in [-0.05, 0) is 55.5 Å². The molecule has 0 saturated heterocycles. The summed E-state index contributed by atoms with van der Waals surface area (Å²) >= 11 is 0. The molecule has 0 aliphatic heterocycles. The van der Waals surface area contributed by atoms with E-state index in [9.17, 15) is 4.79 Å². The van der Waals surface area contributed by atoms with Gasteiger partial charge >= 0.3 is 6.01 Å². The highest BCUT2D eigenvalue weighted by atomic mass is 16.4. The van der Waals surface area contributed by atoms with Gasteiger partial charge in [0.15, 0.2) is 0 Å². The van der Waals surface area contributed by atoms with Crippen LogP contribution < -0.4 is 5.32 Å². The summed E-state index contributed by atoms with van der Waals surface area (Å²) in [5, 5.41) is 10.6. The Hall–Kier alpha value is -2.95. The van der Waals surface area contributed by atoms with Crippen molar-refractivity contribution >= 4 is 11.9 Å². The van der Waals surface area contributed by atoms with E-state index in [1.54, 1.807) is 0 Å². The molecule has 26 heavy (non-hydrogen) atoms. The van der Waals surface area contributed by atoms with Gasteiger partial charge in [-0.25, -0.2) is 0 Å². The molecule has 2 aromatic carbocycles. The van der Waals surface area contributed by atoms with Crippen LogP contribution in [-0.2, 0) is 17.6 Å². The Kier molecular flexibility index (Phi) is 5.16. The number of carbonyl (C=O) groups excluding carboxylic acids is 1. The van der Waals surface area contributed by atoms with E-state index < -0.39 is 0 Å². The number of nitrogens with one attached hydrogen (secondary N) is 1.